The molecule has 2 unspecified atom stereocenters. The third-order valence-corrected chi connectivity index (χ3v) is 4.56. The molecule has 3 heteroatoms. The molecule has 0 saturated heterocycles. The Balaban J connectivity index is 1.84. The van der Waals surface area contributed by atoms with Gasteiger partial charge >= 0.3 is 0 Å². The molecular weight excluding hydrogens is 242 g/mol. The number of aryl methyl sites for hydroxylation is 2. The number of fused-ring (bicyclic) bond motifs is 1. The lowest BCUT2D eigenvalue weighted by Gasteiger charge is -2.19. The van der Waals surface area contributed by atoms with E-state index in [1.807, 2.05) is 6.07 Å². The molecule has 2 N–H and O–H groups in total. The number of hydrogen-bond donors (Lipinski definition) is 2. The molecule has 1 aromatic heterocycles. The highest BCUT2D eigenvalue weighted by Gasteiger charge is 2.29. The molecule has 2 nitrogen and oxygen atoms in total. The van der Waals surface area contributed by atoms with Crippen LogP contribution in [0.3, 0.4) is 0 Å². The van der Waals surface area contributed by atoms with Crippen molar-refractivity contribution in [3.05, 3.63) is 51.2 Å². The summed E-state index contributed by atoms with van der Waals surface area (Å²) in [6.07, 6.45) is 0.466. The van der Waals surface area contributed by atoms with Crippen molar-refractivity contribution < 1.29 is 5.11 Å². The summed E-state index contributed by atoms with van der Waals surface area (Å²) in [5, 5.41) is 14.0. The fraction of sp³-hybridized carbons (Fsp3) is 0.333. The van der Waals surface area contributed by atoms with Crippen LogP contribution in [0, 0.1) is 13.8 Å². The topological polar surface area (TPSA) is 32.3 Å². The molecule has 0 spiro atoms. The van der Waals surface area contributed by atoms with Gasteiger partial charge < -0.3 is 10.4 Å². The van der Waals surface area contributed by atoms with Gasteiger partial charge in [0, 0.05) is 15.4 Å². The van der Waals surface area contributed by atoms with Gasteiger partial charge in [-0.15, -0.1) is 11.3 Å². The van der Waals surface area contributed by atoms with Gasteiger partial charge in [0.15, 0.2) is 0 Å². The van der Waals surface area contributed by atoms with Crippen LogP contribution in [0.2, 0.25) is 0 Å². The Morgan fingerprint density at radius 2 is 2.11 bits per heavy atom. The number of para-hydroxylation sites is 1. The zero-order valence-corrected chi connectivity index (χ0v) is 11.4. The van der Waals surface area contributed by atoms with Crippen molar-refractivity contribution in [1.29, 1.82) is 0 Å². The standard InChI is InChI=1S/C15H17NOS/c1-9-7-12(10(2)18-9)15(17)14-8-11-5-3-4-6-13(11)16-14/h3-7,14-17H,8H2,1-2H3. The van der Waals surface area contributed by atoms with E-state index in [1.54, 1.807) is 11.3 Å². The highest BCUT2D eigenvalue weighted by Crippen LogP contribution is 2.35. The van der Waals surface area contributed by atoms with E-state index in [-0.39, 0.29) is 6.04 Å². The Morgan fingerprint density at radius 1 is 1.33 bits per heavy atom. The van der Waals surface area contributed by atoms with E-state index in [1.165, 1.54) is 15.3 Å². The lowest BCUT2D eigenvalue weighted by molar-refractivity contribution is 0.156. The minimum absolute atomic E-state index is 0.0927. The third-order valence-electron chi connectivity index (χ3n) is 3.58. The van der Waals surface area contributed by atoms with Gasteiger partial charge in [-0.2, -0.15) is 0 Å². The van der Waals surface area contributed by atoms with E-state index in [2.05, 4.69) is 43.4 Å². The number of thiophene rings is 1. The Kier molecular flexibility index (Phi) is 2.88. The third kappa shape index (κ3) is 1.93. The van der Waals surface area contributed by atoms with Crippen molar-refractivity contribution in [1.82, 2.24) is 0 Å². The van der Waals surface area contributed by atoms with Crippen LogP contribution < -0.4 is 5.32 Å². The van der Waals surface area contributed by atoms with Gasteiger partial charge in [-0.1, -0.05) is 18.2 Å². The maximum atomic E-state index is 10.5. The van der Waals surface area contributed by atoms with Crippen molar-refractivity contribution in [2.45, 2.75) is 32.4 Å². The summed E-state index contributed by atoms with van der Waals surface area (Å²) in [6.45, 7) is 4.17. The molecule has 2 atom stereocenters. The van der Waals surface area contributed by atoms with Crippen molar-refractivity contribution in [2.24, 2.45) is 0 Å². The summed E-state index contributed by atoms with van der Waals surface area (Å²) in [5.41, 5.74) is 3.53. The highest BCUT2D eigenvalue weighted by molar-refractivity contribution is 7.12. The number of hydrogen-bond acceptors (Lipinski definition) is 3. The van der Waals surface area contributed by atoms with E-state index in [4.69, 9.17) is 0 Å². The van der Waals surface area contributed by atoms with Gasteiger partial charge in [-0.05, 0) is 43.5 Å². The van der Waals surface area contributed by atoms with Gasteiger partial charge in [0.2, 0.25) is 0 Å². The van der Waals surface area contributed by atoms with Gasteiger partial charge in [-0.3, -0.25) is 0 Å². The maximum Gasteiger partial charge on any atom is 0.100 e. The Hall–Kier alpha value is -1.32. The smallest absolute Gasteiger partial charge is 0.100 e. The fourth-order valence-electron chi connectivity index (χ4n) is 2.68. The average molecular weight is 259 g/mol. The van der Waals surface area contributed by atoms with Crippen LogP contribution in [0.25, 0.3) is 0 Å². The van der Waals surface area contributed by atoms with E-state index in [9.17, 15) is 5.11 Å². The molecule has 2 aromatic rings. The van der Waals surface area contributed by atoms with Gasteiger partial charge in [0.05, 0.1) is 6.04 Å². The van der Waals surface area contributed by atoms with Crippen LogP contribution in [0.1, 0.15) is 27.0 Å². The number of rotatable bonds is 2. The molecule has 1 aromatic carbocycles. The second-order valence-electron chi connectivity index (χ2n) is 4.93. The Morgan fingerprint density at radius 3 is 2.78 bits per heavy atom. The second kappa shape index (κ2) is 4.41. The molecule has 0 aliphatic carbocycles. The molecule has 1 aliphatic heterocycles. The normalized spacial score (nSPS) is 19.4. The largest absolute Gasteiger partial charge is 0.386 e. The average Bonchev–Trinajstić information content (AvgIpc) is 2.91. The fourth-order valence-corrected chi connectivity index (χ4v) is 3.64. The number of anilines is 1. The Bertz CT molecular complexity index is 551. The van der Waals surface area contributed by atoms with Crippen molar-refractivity contribution >= 4 is 17.0 Å². The zero-order chi connectivity index (χ0) is 12.7. The second-order valence-corrected chi connectivity index (χ2v) is 6.39. The summed E-state index contributed by atoms with van der Waals surface area (Å²) in [5.74, 6) is 0. The minimum atomic E-state index is -0.428. The molecule has 2 heterocycles. The summed E-state index contributed by atoms with van der Waals surface area (Å²) in [4.78, 5) is 2.48. The van der Waals surface area contributed by atoms with Crippen molar-refractivity contribution in [2.75, 3.05) is 5.32 Å². The van der Waals surface area contributed by atoms with E-state index in [0.717, 1.165) is 17.7 Å². The molecule has 0 radical (unpaired) electrons. The molecule has 3 rings (SSSR count). The lowest BCUT2D eigenvalue weighted by atomic mass is 10.00. The Labute approximate surface area is 111 Å². The molecule has 18 heavy (non-hydrogen) atoms. The first-order valence-electron chi connectivity index (χ1n) is 6.24. The van der Waals surface area contributed by atoms with E-state index in [0.29, 0.717) is 0 Å². The maximum absolute atomic E-state index is 10.5. The van der Waals surface area contributed by atoms with Gasteiger partial charge in [0.1, 0.15) is 6.10 Å². The number of benzene rings is 1. The van der Waals surface area contributed by atoms with Crippen LogP contribution in [0.5, 0.6) is 0 Å². The van der Waals surface area contributed by atoms with E-state index < -0.39 is 6.10 Å². The first kappa shape index (κ1) is 11.8. The van der Waals surface area contributed by atoms with Gasteiger partial charge in [-0.25, -0.2) is 0 Å². The first-order chi connectivity index (χ1) is 8.65. The summed E-state index contributed by atoms with van der Waals surface area (Å²) in [6, 6.07) is 10.5. The van der Waals surface area contributed by atoms with Crippen LogP contribution in [-0.2, 0) is 6.42 Å². The lowest BCUT2D eigenvalue weighted by Crippen LogP contribution is -2.24. The van der Waals surface area contributed by atoms with Crippen LogP contribution in [0.15, 0.2) is 30.3 Å². The van der Waals surface area contributed by atoms with Crippen molar-refractivity contribution in [3.63, 3.8) is 0 Å². The SMILES string of the molecule is Cc1cc(C(O)C2Cc3ccccc3N2)c(C)s1. The van der Waals surface area contributed by atoms with Crippen LogP contribution >= 0.6 is 11.3 Å². The van der Waals surface area contributed by atoms with Gasteiger partial charge in [0.25, 0.3) is 0 Å². The van der Waals surface area contributed by atoms with Crippen LogP contribution in [-0.4, -0.2) is 11.1 Å². The highest BCUT2D eigenvalue weighted by atomic mass is 32.1. The summed E-state index contributed by atoms with van der Waals surface area (Å²) in [7, 11) is 0. The zero-order valence-electron chi connectivity index (χ0n) is 10.6. The predicted molar refractivity (Wildman–Crippen MR) is 76.3 cm³/mol. The number of aliphatic hydroxyl groups excluding tert-OH is 1. The van der Waals surface area contributed by atoms with Crippen molar-refractivity contribution in [3.8, 4) is 0 Å². The molecule has 1 aliphatic rings. The molecular formula is C15H17NOS. The quantitative estimate of drug-likeness (QED) is 0.866. The predicted octanol–water partition coefficient (Wildman–Crippen LogP) is 3.44. The number of nitrogens with one attached hydrogen (secondary N) is 1. The molecule has 0 fully saturated rings. The summed E-state index contributed by atoms with van der Waals surface area (Å²) >= 11 is 1.75. The molecule has 0 bridgehead atoms. The molecule has 0 saturated carbocycles. The minimum Gasteiger partial charge on any atom is -0.386 e. The molecule has 0 amide bonds. The first-order valence-corrected chi connectivity index (χ1v) is 7.06. The monoisotopic (exact) mass is 259 g/mol. The molecule has 94 valence electrons. The van der Waals surface area contributed by atoms with E-state index >= 15 is 0 Å². The van der Waals surface area contributed by atoms with Crippen LogP contribution in [0.4, 0.5) is 5.69 Å². The number of aliphatic hydroxyl groups is 1. The summed E-state index contributed by atoms with van der Waals surface area (Å²) < 4.78 is 0.